The van der Waals surface area contributed by atoms with Crippen molar-refractivity contribution >= 4 is 130 Å². The molecule has 0 aromatic carbocycles. The van der Waals surface area contributed by atoms with E-state index in [1.165, 1.54) is 0 Å². The van der Waals surface area contributed by atoms with Gasteiger partial charge >= 0.3 is 141 Å². The molecule has 0 heterocycles. The van der Waals surface area contributed by atoms with Crippen LogP contribution in [0.25, 0.3) is 0 Å². The molecular formula is C25H41Ca2N3Na2O24S. The number of aliphatic hydroxyl groups is 10. The zero-order valence-electron chi connectivity index (χ0n) is 30.6. The number of aliphatic hydroxyl groups excluding tert-OH is 10. The molecule has 9 unspecified atom stereocenters. The number of carboxylic acids is 7. The first-order valence-electron chi connectivity index (χ1n) is 14.1. The Labute approximate surface area is 432 Å². The van der Waals surface area contributed by atoms with E-state index in [9.17, 15) is 64.2 Å². The molecule has 0 spiro atoms. The summed E-state index contributed by atoms with van der Waals surface area (Å²) < 4.78 is 0. The SMILES string of the molecule is NC(CS)C(=O)O.O=C([O-])C(O)C(O)C(O)C(O)CO.O=C([O-])C(O)C(O)C(O)C(O)CO.O=C([O-])CN(CCN(CC(=O)[O-])CC(=O)[O-])CC(=O)[O-].[Ca+2].[Ca+2].[Na+].[Na+]. The maximum atomic E-state index is 10.4. The fourth-order valence-electron chi connectivity index (χ4n) is 2.84. The molecule has 0 saturated heterocycles. The molecule has 0 saturated carbocycles. The number of rotatable bonds is 23. The average molecular weight is 926 g/mol. The van der Waals surface area contributed by atoms with Gasteiger partial charge in [0.1, 0.15) is 54.9 Å². The van der Waals surface area contributed by atoms with Gasteiger partial charge in [0, 0.05) is 45.0 Å². The van der Waals surface area contributed by atoms with Gasteiger partial charge in [-0.2, -0.15) is 12.6 Å². The number of carbonyl (C=O) groups is 7. The fraction of sp³-hybridized carbons (Fsp3) is 0.720. The zero-order valence-corrected chi connectivity index (χ0v) is 39.9. The predicted molar refractivity (Wildman–Crippen MR) is 166 cm³/mol. The van der Waals surface area contributed by atoms with Gasteiger partial charge < -0.3 is 121 Å². The molecule has 0 fully saturated rings. The second-order valence-electron chi connectivity index (χ2n) is 10.0. The van der Waals surface area contributed by atoms with Gasteiger partial charge in [-0.25, -0.2) is 0 Å². The minimum Gasteiger partial charge on any atom is -0.549 e. The molecular weight excluding hydrogens is 884 g/mol. The van der Waals surface area contributed by atoms with Crippen molar-refractivity contribution in [1.82, 2.24) is 9.80 Å². The van der Waals surface area contributed by atoms with Crippen molar-refractivity contribution in [1.29, 1.82) is 0 Å². The topological polar surface area (TPSA) is 513 Å². The van der Waals surface area contributed by atoms with E-state index < -0.39 is 136 Å². The third kappa shape index (κ3) is 41.8. The van der Waals surface area contributed by atoms with Crippen molar-refractivity contribution in [3.8, 4) is 0 Å². The van der Waals surface area contributed by atoms with E-state index in [0.717, 1.165) is 9.80 Å². The van der Waals surface area contributed by atoms with Crippen LogP contribution >= 0.6 is 12.6 Å². The maximum absolute atomic E-state index is 10.4. The monoisotopic (exact) mass is 925 g/mol. The van der Waals surface area contributed by atoms with Crippen LogP contribution in [0.1, 0.15) is 0 Å². The Kier molecular flexibility index (Phi) is 57.0. The van der Waals surface area contributed by atoms with E-state index in [4.69, 9.17) is 61.9 Å². The van der Waals surface area contributed by atoms with Crippen LogP contribution in [0.2, 0.25) is 0 Å². The summed E-state index contributed by atoms with van der Waals surface area (Å²) in [5.41, 5.74) is 4.94. The van der Waals surface area contributed by atoms with E-state index in [-0.39, 0.29) is 153 Å². The second kappa shape index (κ2) is 43.3. The molecule has 0 aliphatic heterocycles. The number of hydrogen-bond donors (Lipinski definition) is 13. The molecule has 0 aromatic rings. The Hall–Kier alpha value is 0.639. The number of carboxylic acid groups (broad SMARTS) is 7. The normalized spacial score (nSPS) is 14.7. The fourth-order valence-corrected chi connectivity index (χ4v) is 3.00. The molecule has 0 aliphatic rings. The van der Waals surface area contributed by atoms with Crippen LogP contribution in [0.15, 0.2) is 0 Å². The van der Waals surface area contributed by atoms with Gasteiger partial charge in [0.25, 0.3) is 0 Å². The molecule has 13 N–H and O–H groups in total. The predicted octanol–water partition coefficient (Wildman–Crippen LogP) is -24.5. The van der Waals surface area contributed by atoms with Gasteiger partial charge in [0.2, 0.25) is 0 Å². The third-order valence-electron chi connectivity index (χ3n) is 5.65. The number of aliphatic carboxylic acids is 7. The maximum Gasteiger partial charge on any atom is 2.00 e. The second-order valence-corrected chi connectivity index (χ2v) is 10.4. The van der Waals surface area contributed by atoms with Crippen LogP contribution in [0.3, 0.4) is 0 Å². The van der Waals surface area contributed by atoms with Gasteiger partial charge in [-0.05, 0) is 0 Å². The van der Waals surface area contributed by atoms with Crippen LogP contribution in [0, 0.1) is 0 Å². The van der Waals surface area contributed by atoms with Gasteiger partial charge in [-0.3, -0.25) is 14.6 Å². The first kappa shape index (κ1) is 75.0. The average Bonchev–Trinajstić information content (AvgIpc) is 3.06. The van der Waals surface area contributed by atoms with Crippen LogP contribution < -0.4 is 95.5 Å². The molecule has 57 heavy (non-hydrogen) atoms. The van der Waals surface area contributed by atoms with Crippen LogP contribution in [-0.4, -0.2) is 296 Å². The molecule has 0 radical (unpaired) electrons. The van der Waals surface area contributed by atoms with Crippen molar-refractivity contribution in [3.05, 3.63) is 0 Å². The summed E-state index contributed by atoms with van der Waals surface area (Å²) in [4.78, 5) is 73.1. The van der Waals surface area contributed by atoms with Gasteiger partial charge in [-0.1, -0.05) is 0 Å². The van der Waals surface area contributed by atoms with E-state index in [0.29, 0.717) is 0 Å². The molecule has 32 heteroatoms. The number of nitrogens with zero attached hydrogens (tertiary/aromatic N) is 2. The van der Waals surface area contributed by atoms with E-state index in [1.807, 2.05) is 0 Å². The van der Waals surface area contributed by atoms with E-state index in [1.54, 1.807) is 0 Å². The minimum absolute atomic E-state index is 0. The number of hydrogen-bond acceptors (Lipinski definition) is 27. The van der Waals surface area contributed by atoms with Gasteiger partial charge in [0.15, 0.2) is 0 Å². The van der Waals surface area contributed by atoms with Crippen LogP contribution in [0.4, 0.5) is 0 Å². The minimum atomic E-state index is -2.31. The summed E-state index contributed by atoms with van der Waals surface area (Å²) >= 11 is 3.65. The molecule has 0 bridgehead atoms. The summed E-state index contributed by atoms with van der Waals surface area (Å²) in [5.74, 6) is -10.9. The Balaban J connectivity index is -0.0000000963. The van der Waals surface area contributed by atoms with Crippen molar-refractivity contribution in [2.24, 2.45) is 5.73 Å². The number of thiol groups is 1. The van der Waals surface area contributed by atoms with Gasteiger partial charge in [0.05, 0.1) is 49.0 Å². The molecule has 0 rings (SSSR count). The molecule has 0 aliphatic carbocycles. The molecule has 312 valence electrons. The van der Waals surface area contributed by atoms with Crippen molar-refractivity contribution in [2.75, 3.05) is 58.2 Å². The quantitative estimate of drug-likeness (QED) is 0.0334. The zero-order chi connectivity index (χ0) is 42.8. The Morgan fingerprint density at radius 2 is 0.754 bits per heavy atom. The molecule has 27 nitrogen and oxygen atoms in total. The van der Waals surface area contributed by atoms with Crippen LogP contribution in [0.5, 0.6) is 0 Å². The Bertz CT molecular complexity index is 1040. The first-order valence-corrected chi connectivity index (χ1v) is 14.8. The smallest absolute Gasteiger partial charge is 0.549 e. The standard InChI is InChI=1S/C10H16N2O8.2C6H12O7.C3H7NO2S.2Ca.2Na/c13-7(14)3-11(4-8(15)16)1-2-12(5-9(17)18)6-10(19)20;2*7-1-2(8)3(9)4(10)5(11)6(12)13;4-2(1-7)3(5)6;;;;/h1-6H2,(H,13,14)(H,15,16)(H,17,18)(H,19,20);2*2-5,7-11H,1H2,(H,12,13);2,7H,1,4H2,(H,5,6);;;;/q;;;;2*+2;2*+1/p-6. The van der Waals surface area contributed by atoms with Crippen molar-refractivity contribution < 1.29 is 179 Å². The van der Waals surface area contributed by atoms with Crippen molar-refractivity contribution in [3.63, 3.8) is 0 Å². The Morgan fingerprint density at radius 1 is 0.526 bits per heavy atom. The summed E-state index contributed by atoms with van der Waals surface area (Å²) in [6.45, 7) is -4.98. The molecule has 0 amide bonds. The Morgan fingerprint density at radius 3 is 0.877 bits per heavy atom. The summed E-state index contributed by atoms with van der Waals surface area (Å²) in [7, 11) is 0. The summed E-state index contributed by atoms with van der Waals surface area (Å²) in [5, 5.41) is 156. The number of nitrogens with two attached hydrogens (primary N) is 1. The summed E-state index contributed by atoms with van der Waals surface area (Å²) in [6, 6.07) is -0.816. The van der Waals surface area contributed by atoms with Crippen LogP contribution in [-0.2, 0) is 33.6 Å². The molecule has 9 atom stereocenters. The largest absolute Gasteiger partial charge is 2.00 e. The van der Waals surface area contributed by atoms with Gasteiger partial charge in [-0.15, -0.1) is 0 Å². The van der Waals surface area contributed by atoms with E-state index >= 15 is 0 Å². The van der Waals surface area contributed by atoms with Crippen molar-refractivity contribution in [2.45, 2.75) is 54.9 Å². The molecule has 0 aromatic heterocycles. The number of carbonyl (C=O) groups excluding carboxylic acids is 6. The first-order chi connectivity index (χ1) is 24.2. The van der Waals surface area contributed by atoms with E-state index in [2.05, 4.69) is 12.6 Å². The summed E-state index contributed by atoms with van der Waals surface area (Å²) in [6.07, 6.45) is -16.2. The third-order valence-corrected chi connectivity index (χ3v) is 6.04.